The van der Waals surface area contributed by atoms with E-state index in [9.17, 15) is 4.79 Å². The molecule has 1 amide bonds. The average Bonchev–Trinajstić information content (AvgIpc) is 3.84. The van der Waals surface area contributed by atoms with Crippen molar-refractivity contribution in [1.82, 2.24) is 15.1 Å². The number of benzene rings is 5. The van der Waals surface area contributed by atoms with Gasteiger partial charge in [-0.05, 0) is 76.6 Å². The van der Waals surface area contributed by atoms with Gasteiger partial charge in [0.2, 0.25) is 13.6 Å². The zero-order valence-electron chi connectivity index (χ0n) is 28.1. The van der Waals surface area contributed by atoms with Crippen molar-refractivity contribution in [3.8, 4) is 34.1 Å². The molecule has 50 heavy (non-hydrogen) atoms. The molecular formula is C42H41N3O5. The molecule has 8 nitrogen and oxygen atoms in total. The fourth-order valence-corrected chi connectivity index (χ4v) is 7.01. The summed E-state index contributed by atoms with van der Waals surface area (Å²) in [5.74, 6) is 2.95. The first-order valence-corrected chi connectivity index (χ1v) is 17.4. The van der Waals surface area contributed by atoms with Crippen LogP contribution in [0.15, 0.2) is 115 Å². The predicted octanol–water partition coefficient (Wildman–Crippen LogP) is 7.41. The van der Waals surface area contributed by atoms with Crippen molar-refractivity contribution >= 4 is 5.91 Å². The second-order valence-electron chi connectivity index (χ2n) is 13.2. The number of carbonyl (C=O) groups is 1. The van der Waals surface area contributed by atoms with Gasteiger partial charge < -0.3 is 29.2 Å². The van der Waals surface area contributed by atoms with Crippen LogP contribution >= 0.6 is 0 Å². The quantitative estimate of drug-likeness (QED) is 0.157. The molecular weight excluding hydrogens is 626 g/mol. The van der Waals surface area contributed by atoms with Crippen LogP contribution in [0.25, 0.3) is 11.1 Å². The monoisotopic (exact) mass is 667 g/mol. The Morgan fingerprint density at radius 3 is 1.90 bits per heavy atom. The van der Waals surface area contributed by atoms with E-state index in [4.69, 9.17) is 18.9 Å². The average molecular weight is 668 g/mol. The van der Waals surface area contributed by atoms with E-state index < -0.39 is 0 Å². The van der Waals surface area contributed by atoms with E-state index in [1.807, 2.05) is 30.3 Å². The summed E-state index contributed by atoms with van der Waals surface area (Å²) >= 11 is 0. The fraction of sp³-hybridized carbons (Fsp3) is 0.262. The summed E-state index contributed by atoms with van der Waals surface area (Å²) in [7, 11) is 0. The highest BCUT2D eigenvalue weighted by molar-refractivity contribution is 5.95. The first-order chi connectivity index (χ1) is 24.6. The van der Waals surface area contributed by atoms with Gasteiger partial charge in [0.1, 0.15) is 0 Å². The van der Waals surface area contributed by atoms with Gasteiger partial charge in [0.25, 0.3) is 5.91 Å². The van der Waals surface area contributed by atoms with Gasteiger partial charge >= 0.3 is 0 Å². The molecule has 5 aromatic carbocycles. The van der Waals surface area contributed by atoms with Crippen LogP contribution in [0.1, 0.15) is 45.5 Å². The molecule has 5 aromatic rings. The summed E-state index contributed by atoms with van der Waals surface area (Å²) in [5.41, 5.74) is 7.76. The van der Waals surface area contributed by atoms with Crippen molar-refractivity contribution in [2.24, 2.45) is 0 Å². The molecule has 0 bridgehead atoms. The Kier molecular flexibility index (Phi) is 9.36. The van der Waals surface area contributed by atoms with Crippen molar-refractivity contribution in [1.29, 1.82) is 0 Å². The third-order valence-corrected chi connectivity index (χ3v) is 9.82. The SMILES string of the molecule is O=C(c1ccc2c(c1)OCO2)N(Cc1ccc(-c2ccc(CNCc3ccc4c(c3)OCO4)cc2)cc1)C1CCN(Cc2ccccc2)CC1. The Labute approximate surface area is 293 Å². The number of ether oxygens (including phenoxy) is 4. The standard InChI is InChI=1S/C42H41N3O5/c46-42(36-15-17-39-41(23-36)50-29-48-39)45(37-18-20-44(21-19-37)26-31-4-2-1-3-5-31)27-32-8-13-35(14-9-32)34-11-6-30(7-12-34)24-43-25-33-10-16-38-40(22-33)49-28-47-38/h1-17,22-23,37,43H,18-21,24-29H2. The molecule has 0 saturated carbocycles. The summed E-state index contributed by atoms with van der Waals surface area (Å²) in [6.45, 7) is 5.38. The molecule has 0 aliphatic carbocycles. The predicted molar refractivity (Wildman–Crippen MR) is 192 cm³/mol. The molecule has 1 saturated heterocycles. The third kappa shape index (κ3) is 7.32. The van der Waals surface area contributed by atoms with E-state index in [0.29, 0.717) is 23.6 Å². The fourth-order valence-electron chi connectivity index (χ4n) is 7.01. The number of carbonyl (C=O) groups excluding carboxylic acids is 1. The zero-order chi connectivity index (χ0) is 33.7. The number of rotatable bonds is 11. The van der Waals surface area contributed by atoms with E-state index >= 15 is 0 Å². The van der Waals surface area contributed by atoms with Crippen molar-refractivity contribution in [2.75, 3.05) is 26.7 Å². The van der Waals surface area contributed by atoms with Gasteiger partial charge in [0.05, 0.1) is 0 Å². The van der Waals surface area contributed by atoms with Gasteiger partial charge in [-0.1, -0.05) is 84.9 Å². The lowest BCUT2D eigenvalue weighted by atomic mass is 9.99. The smallest absolute Gasteiger partial charge is 0.254 e. The van der Waals surface area contributed by atoms with Gasteiger partial charge in [-0.2, -0.15) is 0 Å². The number of hydrogen-bond donors (Lipinski definition) is 1. The first kappa shape index (κ1) is 31.9. The van der Waals surface area contributed by atoms with Crippen LogP contribution in [0.2, 0.25) is 0 Å². The minimum absolute atomic E-state index is 0.0246. The van der Waals surface area contributed by atoms with Crippen LogP contribution < -0.4 is 24.3 Å². The van der Waals surface area contributed by atoms with Crippen molar-refractivity contribution in [2.45, 2.75) is 45.1 Å². The number of likely N-dealkylation sites (tertiary alicyclic amines) is 1. The summed E-state index contributed by atoms with van der Waals surface area (Å²) in [6.07, 6.45) is 1.86. The maximum absolute atomic E-state index is 14.1. The highest BCUT2D eigenvalue weighted by Crippen LogP contribution is 2.34. The normalized spacial score (nSPS) is 15.3. The third-order valence-electron chi connectivity index (χ3n) is 9.82. The maximum Gasteiger partial charge on any atom is 0.254 e. The number of hydrogen-bond acceptors (Lipinski definition) is 7. The highest BCUT2D eigenvalue weighted by Gasteiger charge is 2.30. The minimum Gasteiger partial charge on any atom is -0.454 e. The Bertz CT molecular complexity index is 1920. The summed E-state index contributed by atoms with van der Waals surface area (Å²) in [6, 6.07) is 39.6. The molecule has 1 fully saturated rings. The maximum atomic E-state index is 14.1. The number of fused-ring (bicyclic) bond motifs is 2. The molecule has 0 radical (unpaired) electrons. The zero-order valence-corrected chi connectivity index (χ0v) is 28.1. The Balaban J connectivity index is 0.915. The van der Waals surface area contributed by atoms with Crippen molar-refractivity contribution in [3.63, 3.8) is 0 Å². The van der Waals surface area contributed by atoms with Gasteiger partial charge in [0, 0.05) is 50.9 Å². The molecule has 3 aliphatic heterocycles. The number of nitrogens with one attached hydrogen (secondary N) is 1. The van der Waals surface area contributed by atoms with Gasteiger partial charge in [-0.25, -0.2) is 0 Å². The van der Waals surface area contributed by atoms with Crippen molar-refractivity contribution in [3.05, 3.63) is 143 Å². The number of nitrogens with zero attached hydrogens (tertiary/aromatic N) is 2. The van der Waals surface area contributed by atoms with E-state index in [1.54, 1.807) is 0 Å². The first-order valence-electron chi connectivity index (χ1n) is 17.4. The molecule has 0 atom stereocenters. The van der Waals surface area contributed by atoms with Crippen LogP contribution in [0.4, 0.5) is 0 Å². The molecule has 3 heterocycles. The van der Waals surface area contributed by atoms with Crippen molar-refractivity contribution < 1.29 is 23.7 Å². The summed E-state index contributed by atoms with van der Waals surface area (Å²) < 4.78 is 22.0. The summed E-state index contributed by atoms with van der Waals surface area (Å²) in [4.78, 5) is 18.7. The van der Waals surface area contributed by atoms with Gasteiger partial charge in [0.15, 0.2) is 23.0 Å². The summed E-state index contributed by atoms with van der Waals surface area (Å²) in [5, 5.41) is 3.52. The van der Waals surface area contributed by atoms with E-state index in [1.165, 1.54) is 11.1 Å². The molecule has 1 N–H and O–H groups in total. The van der Waals surface area contributed by atoms with Crippen LogP contribution in [-0.4, -0.2) is 48.4 Å². The lowest BCUT2D eigenvalue weighted by Gasteiger charge is -2.39. The second-order valence-corrected chi connectivity index (χ2v) is 13.2. The second kappa shape index (κ2) is 14.7. The van der Waals surface area contributed by atoms with E-state index in [0.717, 1.165) is 79.3 Å². The van der Waals surface area contributed by atoms with Crippen LogP contribution in [0, 0.1) is 0 Å². The lowest BCUT2D eigenvalue weighted by molar-refractivity contribution is 0.0542. The van der Waals surface area contributed by atoms with Gasteiger partial charge in [-0.15, -0.1) is 0 Å². The van der Waals surface area contributed by atoms with Crippen LogP contribution in [-0.2, 0) is 26.2 Å². The lowest BCUT2D eigenvalue weighted by Crippen LogP contribution is -2.46. The molecule has 0 spiro atoms. The molecule has 8 heteroatoms. The number of amides is 1. The number of piperidine rings is 1. The highest BCUT2D eigenvalue weighted by atomic mass is 16.7. The molecule has 8 rings (SSSR count). The molecule has 0 aromatic heterocycles. The van der Waals surface area contributed by atoms with Gasteiger partial charge in [-0.3, -0.25) is 9.69 Å². The molecule has 3 aliphatic rings. The van der Waals surface area contributed by atoms with E-state index in [2.05, 4.69) is 100 Å². The van der Waals surface area contributed by atoms with E-state index in [-0.39, 0.29) is 25.5 Å². The Hall–Kier alpha value is -5.31. The topological polar surface area (TPSA) is 72.5 Å². The Morgan fingerprint density at radius 1 is 0.620 bits per heavy atom. The molecule has 254 valence electrons. The van der Waals surface area contributed by atoms with Crippen LogP contribution in [0.5, 0.6) is 23.0 Å². The molecule has 0 unspecified atom stereocenters. The minimum atomic E-state index is 0.0246. The Morgan fingerprint density at radius 2 is 1.20 bits per heavy atom. The van der Waals surface area contributed by atoms with Crippen LogP contribution in [0.3, 0.4) is 0 Å². The largest absolute Gasteiger partial charge is 0.454 e.